The molecule has 1 aromatic carbocycles. The van der Waals surface area contributed by atoms with Gasteiger partial charge in [-0.05, 0) is 17.5 Å². The van der Waals surface area contributed by atoms with Crippen LogP contribution in [0, 0.1) is 0 Å². The van der Waals surface area contributed by atoms with Crippen LogP contribution < -0.4 is 5.32 Å². The maximum Gasteiger partial charge on any atom is 0.261 e. The molecule has 2 aliphatic heterocycles. The van der Waals surface area contributed by atoms with Gasteiger partial charge in [0.2, 0.25) is 0 Å². The molecule has 0 saturated carbocycles. The Morgan fingerprint density at radius 1 is 1.28 bits per heavy atom. The van der Waals surface area contributed by atoms with Crippen molar-refractivity contribution >= 4 is 0 Å². The molecule has 2 aliphatic rings. The number of nitrogens with zero attached hydrogens (tertiary/aromatic N) is 1. The van der Waals surface area contributed by atoms with Gasteiger partial charge in [0.15, 0.2) is 0 Å². The first-order valence-electron chi connectivity index (χ1n) is 6.53. The van der Waals surface area contributed by atoms with Crippen molar-refractivity contribution in [2.24, 2.45) is 0 Å². The van der Waals surface area contributed by atoms with E-state index in [0.717, 1.165) is 26.1 Å². The highest BCUT2D eigenvalue weighted by Gasteiger charge is 2.39. The number of hydrogen-bond acceptors (Lipinski definition) is 2. The Morgan fingerprint density at radius 2 is 2.06 bits per heavy atom. The Labute approximate surface area is 106 Å². The first-order valence-corrected chi connectivity index (χ1v) is 6.53. The fourth-order valence-electron chi connectivity index (χ4n) is 2.95. The van der Waals surface area contributed by atoms with E-state index < -0.39 is 5.92 Å². The molecular weight excluding hydrogens is 234 g/mol. The van der Waals surface area contributed by atoms with Gasteiger partial charge in [0.1, 0.15) is 0 Å². The summed E-state index contributed by atoms with van der Waals surface area (Å²) in [7, 11) is 0. The maximum absolute atomic E-state index is 13.1. The highest BCUT2D eigenvalue weighted by atomic mass is 19.3. The lowest BCUT2D eigenvalue weighted by Gasteiger charge is -2.30. The van der Waals surface area contributed by atoms with E-state index in [4.69, 9.17) is 0 Å². The zero-order valence-corrected chi connectivity index (χ0v) is 10.3. The summed E-state index contributed by atoms with van der Waals surface area (Å²) in [6, 6.07) is 8.34. The molecule has 98 valence electrons. The van der Waals surface area contributed by atoms with Gasteiger partial charge in [-0.1, -0.05) is 24.3 Å². The average Bonchev–Trinajstić information content (AvgIpc) is 2.68. The molecule has 0 unspecified atom stereocenters. The number of benzene rings is 1. The van der Waals surface area contributed by atoms with E-state index in [9.17, 15) is 8.78 Å². The van der Waals surface area contributed by atoms with Crippen molar-refractivity contribution in [3.05, 3.63) is 35.4 Å². The van der Waals surface area contributed by atoms with Crippen molar-refractivity contribution in [1.82, 2.24) is 10.2 Å². The number of nitrogens with one attached hydrogen (secondary N) is 1. The molecule has 0 spiro atoms. The molecule has 0 aliphatic carbocycles. The van der Waals surface area contributed by atoms with E-state index in [1.54, 1.807) is 0 Å². The molecule has 2 nitrogen and oxygen atoms in total. The highest BCUT2D eigenvalue weighted by molar-refractivity contribution is 5.29. The van der Waals surface area contributed by atoms with Crippen molar-refractivity contribution in [3.8, 4) is 0 Å². The van der Waals surface area contributed by atoms with Crippen LogP contribution in [0.1, 0.15) is 17.5 Å². The lowest BCUT2D eigenvalue weighted by Crippen LogP contribution is -2.40. The molecule has 0 radical (unpaired) electrons. The molecule has 1 saturated heterocycles. The SMILES string of the molecule is FC1(F)CN[C@H](CN2CCc3ccccc3C2)C1. The summed E-state index contributed by atoms with van der Waals surface area (Å²) in [6.45, 7) is 2.42. The second-order valence-electron chi connectivity index (χ2n) is 5.39. The second kappa shape index (κ2) is 4.59. The topological polar surface area (TPSA) is 15.3 Å². The van der Waals surface area contributed by atoms with Crippen molar-refractivity contribution in [3.63, 3.8) is 0 Å². The number of halogens is 2. The smallest absolute Gasteiger partial charge is 0.261 e. The highest BCUT2D eigenvalue weighted by Crippen LogP contribution is 2.26. The quantitative estimate of drug-likeness (QED) is 0.866. The van der Waals surface area contributed by atoms with Gasteiger partial charge >= 0.3 is 0 Å². The van der Waals surface area contributed by atoms with E-state index in [1.165, 1.54) is 11.1 Å². The Hall–Kier alpha value is -1.00. The van der Waals surface area contributed by atoms with Gasteiger partial charge in [-0.25, -0.2) is 8.78 Å². The number of hydrogen-bond donors (Lipinski definition) is 1. The third-order valence-electron chi connectivity index (χ3n) is 3.88. The number of fused-ring (bicyclic) bond motifs is 1. The van der Waals surface area contributed by atoms with Gasteiger partial charge in [0.25, 0.3) is 5.92 Å². The Kier molecular flexibility index (Phi) is 3.08. The molecular formula is C14H18F2N2. The third-order valence-corrected chi connectivity index (χ3v) is 3.88. The van der Waals surface area contributed by atoms with Crippen molar-refractivity contribution in [2.45, 2.75) is 31.4 Å². The zero-order valence-electron chi connectivity index (χ0n) is 10.3. The summed E-state index contributed by atoms with van der Waals surface area (Å²) in [5.74, 6) is -2.52. The van der Waals surface area contributed by atoms with E-state index in [-0.39, 0.29) is 19.0 Å². The standard InChI is InChI=1S/C14H18F2N2/c15-14(16)7-13(17-10-14)9-18-6-5-11-3-1-2-4-12(11)8-18/h1-4,13,17H,5-10H2/t13-/m0/s1. The lowest BCUT2D eigenvalue weighted by atomic mass is 9.99. The van der Waals surface area contributed by atoms with Gasteiger partial charge in [-0.15, -0.1) is 0 Å². The fourth-order valence-corrected chi connectivity index (χ4v) is 2.95. The zero-order chi connectivity index (χ0) is 12.6. The van der Waals surface area contributed by atoms with E-state index in [2.05, 4.69) is 28.4 Å². The van der Waals surface area contributed by atoms with Crippen LogP contribution >= 0.6 is 0 Å². The van der Waals surface area contributed by atoms with Crippen LogP contribution in [0.3, 0.4) is 0 Å². The minimum absolute atomic E-state index is 0.0227. The summed E-state index contributed by atoms with van der Waals surface area (Å²) in [6.07, 6.45) is 1.00. The Balaban J connectivity index is 1.60. The molecule has 1 atom stereocenters. The molecule has 0 bridgehead atoms. The molecule has 2 heterocycles. The molecule has 0 aromatic heterocycles. The van der Waals surface area contributed by atoms with Gasteiger partial charge in [0.05, 0.1) is 6.54 Å². The average molecular weight is 252 g/mol. The van der Waals surface area contributed by atoms with E-state index >= 15 is 0 Å². The van der Waals surface area contributed by atoms with E-state index in [0.29, 0.717) is 0 Å². The minimum atomic E-state index is -2.52. The van der Waals surface area contributed by atoms with Gasteiger partial charge in [0, 0.05) is 32.1 Å². The first-order chi connectivity index (χ1) is 8.62. The Morgan fingerprint density at radius 3 is 2.78 bits per heavy atom. The van der Waals surface area contributed by atoms with Crippen LogP contribution in [0.4, 0.5) is 8.78 Å². The van der Waals surface area contributed by atoms with Gasteiger partial charge in [-0.3, -0.25) is 4.90 Å². The van der Waals surface area contributed by atoms with Crippen molar-refractivity contribution in [2.75, 3.05) is 19.6 Å². The van der Waals surface area contributed by atoms with Crippen molar-refractivity contribution in [1.29, 1.82) is 0 Å². The molecule has 0 amide bonds. The molecule has 4 heteroatoms. The van der Waals surface area contributed by atoms with Crippen LogP contribution in [-0.4, -0.2) is 36.5 Å². The molecule has 1 aromatic rings. The van der Waals surface area contributed by atoms with Crippen LogP contribution in [0.15, 0.2) is 24.3 Å². The summed E-state index contributed by atoms with van der Waals surface area (Å²) in [5.41, 5.74) is 2.74. The van der Waals surface area contributed by atoms with Gasteiger partial charge in [-0.2, -0.15) is 0 Å². The minimum Gasteiger partial charge on any atom is -0.307 e. The number of rotatable bonds is 2. The van der Waals surface area contributed by atoms with Crippen molar-refractivity contribution < 1.29 is 8.78 Å². The van der Waals surface area contributed by atoms with Crippen LogP contribution in [0.2, 0.25) is 0 Å². The van der Waals surface area contributed by atoms with E-state index in [1.807, 2.05) is 6.07 Å². The predicted molar refractivity (Wildman–Crippen MR) is 66.8 cm³/mol. The molecule has 1 N–H and O–H groups in total. The summed E-state index contributed by atoms with van der Waals surface area (Å²) >= 11 is 0. The number of alkyl halides is 2. The monoisotopic (exact) mass is 252 g/mol. The molecule has 1 fully saturated rings. The third kappa shape index (κ3) is 2.54. The molecule has 3 rings (SSSR count). The summed E-state index contributed by atoms with van der Waals surface area (Å²) in [4.78, 5) is 2.28. The summed E-state index contributed by atoms with van der Waals surface area (Å²) < 4.78 is 26.2. The summed E-state index contributed by atoms with van der Waals surface area (Å²) in [5, 5.41) is 2.93. The predicted octanol–water partition coefficient (Wildman–Crippen LogP) is 2.04. The van der Waals surface area contributed by atoms with Gasteiger partial charge < -0.3 is 5.32 Å². The van der Waals surface area contributed by atoms with Crippen LogP contribution in [0.5, 0.6) is 0 Å². The van der Waals surface area contributed by atoms with Crippen LogP contribution in [-0.2, 0) is 13.0 Å². The fraction of sp³-hybridized carbons (Fsp3) is 0.571. The lowest BCUT2D eigenvalue weighted by molar-refractivity contribution is 0.0198. The maximum atomic E-state index is 13.1. The Bertz CT molecular complexity index is 434. The molecule has 18 heavy (non-hydrogen) atoms. The normalized spacial score (nSPS) is 27.1. The van der Waals surface area contributed by atoms with Crippen LogP contribution in [0.25, 0.3) is 0 Å². The largest absolute Gasteiger partial charge is 0.307 e. The first kappa shape index (κ1) is 12.1. The second-order valence-corrected chi connectivity index (χ2v) is 5.39.